The highest BCUT2D eigenvalue weighted by atomic mass is 79.9. The van der Waals surface area contributed by atoms with Crippen molar-refractivity contribution in [2.75, 3.05) is 5.73 Å². The van der Waals surface area contributed by atoms with E-state index in [-0.39, 0.29) is 18.2 Å². The fraction of sp³-hybridized carbons (Fsp3) is 0. The first-order valence-corrected chi connectivity index (χ1v) is 4.64. The molecule has 0 amide bonds. The van der Waals surface area contributed by atoms with Crippen LogP contribution in [-0.4, -0.2) is 5.11 Å². The molecule has 14 heavy (non-hydrogen) atoms. The summed E-state index contributed by atoms with van der Waals surface area (Å²) >= 11 is 3.37. The predicted octanol–water partition coefficient (Wildman–Crippen LogP) is 3.31. The highest BCUT2D eigenvalue weighted by molar-refractivity contribution is 9.10. The Morgan fingerprint density at radius 1 is 1.14 bits per heavy atom. The molecule has 0 aromatic heterocycles. The molecule has 3 N–H and O–H groups in total. The fourth-order valence-electron chi connectivity index (χ4n) is 1.31. The third-order valence-electron chi connectivity index (χ3n) is 2.00. The van der Waals surface area contributed by atoms with Crippen LogP contribution in [0, 0.1) is 0 Å². The van der Waals surface area contributed by atoms with Crippen LogP contribution in [0.2, 0.25) is 0 Å². The van der Waals surface area contributed by atoms with Gasteiger partial charge >= 0.3 is 0 Å². The predicted molar refractivity (Wildman–Crippen MR) is 65.0 cm³/mol. The minimum atomic E-state index is 0. The first-order valence-electron chi connectivity index (χ1n) is 3.85. The number of phenols is 1. The van der Waals surface area contributed by atoms with Crippen molar-refractivity contribution in [1.82, 2.24) is 0 Å². The Morgan fingerprint density at radius 3 is 2.57 bits per heavy atom. The van der Waals surface area contributed by atoms with Crippen LogP contribution in [0.1, 0.15) is 0 Å². The lowest BCUT2D eigenvalue weighted by Crippen LogP contribution is -1.87. The maximum absolute atomic E-state index is 9.35. The van der Waals surface area contributed by atoms with Gasteiger partial charge in [-0.3, -0.25) is 0 Å². The third-order valence-corrected chi connectivity index (χ3v) is 2.49. The minimum absolute atomic E-state index is 0. The zero-order chi connectivity index (χ0) is 9.42. The number of aromatic hydroxyl groups is 1. The molecule has 0 saturated heterocycles. The van der Waals surface area contributed by atoms with Crippen LogP contribution in [0.5, 0.6) is 5.75 Å². The van der Waals surface area contributed by atoms with Crippen LogP contribution in [0.15, 0.2) is 34.8 Å². The summed E-state index contributed by atoms with van der Waals surface area (Å²) < 4.78 is 1.00. The minimum Gasteiger partial charge on any atom is -0.506 e. The van der Waals surface area contributed by atoms with E-state index < -0.39 is 0 Å². The molecule has 0 bridgehead atoms. The monoisotopic (exact) mass is 273 g/mol. The molecule has 2 aromatic carbocycles. The summed E-state index contributed by atoms with van der Waals surface area (Å²) in [7, 11) is 0. The highest BCUT2D eigenvalue weighted by Crippen LogP contribution is 2.30. The van der Waals surface area contributed by atoms with Crippen LogP contribution < -0.4 is 5.73 Å². The van der Waals surface area contributed by atoms with Gasteiger partial charge in [-0.2, -0.15) is 0 Å². The molecule has 0 aliphatic carbocycles. The molecular weight excluding hydrogens is 265 g/mol. The Kier molecular flexibility index (Phi) is 3.24. The Bertz CT molecular complexity index is 473. The molecule has 4 heteroatoms. The number of halogens is 2. The van der Waals surface area contributed by atoms with Gasteiger partial charge in [-0.15, -0.1) is 12.4 Å². The van der Waals surface area contributed by atoms with Gasteiger partial charge < -0.3 is 10.8 Å². The van der Waals surface area contributed by atoms with Gasteiger partial charge in [0.25, 0.3) is 0 Å². The average Bonchev–Trinajstić information content (AvgIpc) is 2.12. The van der Waals surface area contributed by atoms with Crippen LogP contribution in [0.3, 0.4) is 0 Å². The maximum atomic E-state index is 9.35. The molecule has 0 spiro atoms. The molecule has 2 aromatic rings. The standard InChI is InChI=1S/C10H8BrNO.ClH/c11-7-2-3-8-6(5-7)1-4-9(13)10(8)12;/h1-5,13H,12H2;1H. The smallest absolute Gasteiger partial charge is 0.139 e. The topological polar surface area (TPSA) is 46.2 Å². The number of rotatable bonds is 0. The molecule has 0 heterocycles. The molecule has 0 unspecified atom stereocenters. The van der Waals surface area contributed by atoms with Crippen molar-refractivity contribution >= 4 is 44.8 Å². The van der Waals surface area contributed by atoms with Gasteiger partial charge in [-0.05, 0) is 23.6 Å². The Balaban J connectivity index is 0.000000980. The Hall–Kier alpha value is -0.930. The first kappa shape index (κ1) is 11.1. The Morgan fingerprint density at radius 2 is 1.86 bits per heavy atom. The molecule has 0 aliphatic heterocycles. The molecule has 2 nitrogen and oxygen atoms in total. The van der Waals surface area contributed by atoms with E-state index in [2.05, 4.69) is 15.9 Å². The normalized spacial score (nSPS) is 9.79. The van der Waals surface area contributed by atoms with Crippen molar-refractivity contribution in [3.05, 3.63) is 34.8 Å². The second kappa shape index (κ2) is 4.07. The van der Waals surface area contributed by atoms with Gasteiger partial charge in [0.1, 0.15) is 5.75 Å². The van der Waals surface area contributed by atoms with Crippen molar-refractivity contribution in [3.63, 3.8) is 0 Å². The fourth-order valence-corrected chi connectivity index (χ4v) is 1.69. The number of hydrogen-bond donors (Lipinski definition) is 2. The second-order valence-electron chi connectivity index (χ2n) is 2.86. The van der Waals surface area contributed by atoms with E-state index in [0.29, 0.717) is 5.69 Å². The van der Waals surface area contributed by atoms with E-state index in [1.54, 1.807) is 6.07 Å². The molecule has 0 atom stereocenters. The van der Waals surface area contributed by atoms with Gasteiger partial charge in [-0.25, -0.2) is 0 Å². The number of anilines is 1. The van der Waals surface area contributed by atoms with E-state index in [0.717, 1.165) is 15.2 Å². The molecule has 2 rings (SSSR count). The SMILES string of the molecule is Cl.Nc1c(O)ccc2cc(Br)ccc12. The van der Waals surface area contributed by atoms with Crippen molar-refractivity contribution in [1.29, 1.82) is 0 Å². The van der Waals surface area contributed by atoms with Gasteiger partial charge in [0, 0.05) is 9.86 Å². The van der Waals surface area contributed by atoms with Gasteiger partial charge in [0.2, 0.25) is 0 Å². The molecule has 74 valence electrons. The summed E-state index contributed by atoms with van der Waals surface area (Å²) in [4.78, 5) is 0. The Labute approximate surface area is 96.3 Å². The molecule has 0 radical (unpaired) electrons. The zero-order valence-electron chi connectivity index (χ0n) is 7.20. The van der Waals surface area contributed by atoms with Crippen molar-refractivity contribution < 1.29 is 5.11 Å². The number of benzene rings is 2. The summed E-state index contributed by atoms with van der Waals surface area (Å²) in [5.41, 5.74) is 6.14. The van der Waals surface area contributed by atoms with Crippen molar-refractivity contribution in [2.45, 2.75) is 0 Å². The molecule has 0 aliphatic rings. The van der Waals surface area contributed by atoms with Crippen LogP contribution in [-0.2, 0) is 0 Å². The van der Waals surface area contributed by atoms with Gasteiger partial charge in [-0.1, -0.05) is 28.1 Å². The summed E-state index contributed by atoms with van der Waals surface area (Å²) in [6.07, 6.45) is 0. The third kappa shape index (κ3) is 1.79. The largest absolute Gasteiger partial charge is 0.506 e. The lowest BCUT2D eigenvalue weighted by atomic mass is 10.1. The number of nitrogen functional groups attached to an aromatic ring is 1. The first-order chi connectivity index (χ1) is 6.18. The lowest BCUT2D eigenvalue weighted by molar-refractivity contribution is 0.478. The van der Waals surface area contributed by atoms with Crippen molar-refractivity contribution in [2.24, 2.45) is 0 Å². The molecular formula is C10H9BrClNO. The van der Waals surface area contributed by atoms with Crippen LogP contribution in [0.25, 0.3) is 10.8 Å². The number of nitrogens with two attached hydrogens (primary N) is 1. The lowest BCUT2D eigenvalue weighted by Gasteiger charge is -2.04. The number of fused-ring (bicyclic) bond motifs is 1. The van der Waals surface area contributed by atoms with Crippen molar-refractivity contribution in [3.8, 4) is 5.75 Å². The molecule has 0 fully saturated rings. The van der Waals surface area contributed by atoms with Crippen LogP contribution in [0.4, 0.5) is 5.69 Å². The molecule has 0 saturated carbocycles. The second-order valence-corrected chi connectivity index (χ2v) is 3.78. The quantitative estimate of drug-likeness (QED) is 0.572. The van der Waals surface area contributed by atoms with Gasteiger partial charge in [0.15, 0.2) is 0 Å². The maximum Gasteiger partial charge on any atom is 0.139 e. The van der Waals surface area contributed by atoms with E-state index in [4.69, 9.17) is 5.73 Å². The average molecular weight is 275 g/mol. The summed E-state index contributed by atoms with van der Waals surface area (Å²) in [6, 6.07) is 9.19. The van der Waals surface area contributed by atoms with E-state index >= 15 is 0 Å². The van der Waals surface area contributed by atoms with E-state index in [9.17, 15) is 5.11 Å². The number of hydrogen-bond acceptors (Lipinski definition) is 2. The summed E-state index contributed by atoms with van der Waals surface area (Å²) in [5.74, 6) is 0.134. The van der Waals surface area contributed by atoms with E-state index in [1.165, 1.54) is 0 Å². The summed E-state index contributed by atoms with van der Waals surface area (Å²) in [6.45, 7) is 0. The zero-order valence-corrected chi connectivity index (χ0v) is 9.60. The summed E-state index contributed by atoms with van der Waals surface area (Å²) in [5, 5.41) is 11.2. The van der Waals surface area contributed by atoms with E-state index in [1.807, 2.05) is 24.3 Å². The van der Waals surface area contributed by atoms with Crippen LogP contribution >= 0.6 is 28.3 Å². The number of phenolic OH excluding ortho intramolecular Hbond substituents is 1. The highest BCUT2D eigenvalue weighted by Gasteiger charge is 2.02. The van der Waals surface area contributed by atoms with Gasteiger partial charge in [0.05, 0.1) is 5.69 Å².